The van der Waals surface area contributed by atoms with Crippen molar-refractivity contribution in [3.63, 3.8) is 0 Å². The lowest BCUT2D eigenvalue weighted by Gasteiger charge is -2.02. The molecular weight excluding hydrogens is 392 g/mol. The summed E-state index contributed by atoms with van der Waals surface area (Å²) in [6, 6.07) is 3.31. The molecule has 0 aliphatic carbocycles. The molecule has 3 heterocycles. The number of nitrogens with zero attached hydrogens (tertiary/aromatic N) is 5. The molecule has 0 aromatic carbocycles. The summed E-state index contributed by atoms with van der Waals surface area (Å²) < 4.78 is 8.64. The fourth-order valence-electron chi connectivity index (χ4n) is 2.23. The molecule has 3 aromatic rings. The average Bonchev–Trinajstić information content (AvgIpc) is 3.22. The number of ether oxygens (including phenoxy) is 1. The van der Waals surface area contributed by atoms with Gasteiger partial charge in [-0.1, -0.05) is 0 Å². The molecule has 1 N–H and O–H groups in total. The number of aryl methyl sites for hydroxylation is 1. The molecule has 0 bridgehead atoms. The summed E-state index contributed by atoms with van der Waals surface area (Å²) >= 11 is 3.49. The van der Waals surface area contributed by atoms with E-state index in [9.17, 15) is 9.59 Å². The van der Waals surface area contributed by atoms with Gasteiger partial charge in [0.25, 0.3) is 5.91 Å². The van der Waals surface area contributed by atoms with E-state index in [0.29, 0.717) is 17.0 Å². The van der Waals surface area contributed by atoms with Crippen LogP contribution in [0.2, 0.25) is 0 Å². The van der Waals surface area contributed by atoms with Crippen molar-refractivity contribution in [1.82, 2.24) is 29.7 Å². The third-order valence-corrected chi connectivity index (χ3v) is 4.08. The number of hydrogen-bond acceptors (Lipinski definition) is 6. The number of carbonyl (C=O) groups excluding carboxylic acids is 2. The quantitative estimate of drug-likeness (QED) is 0.640. The van der Waals surface area contributed by atoms with Crippen LogP contribution in [0.4, 0.5) is 0 Å². The highest BCUT2D eigenvalue weighted by molar-refractivity contribution is 9.10. The Morgan fingerprint density at radius 3 is 2.84 bits per heavy atom. The van der Waals surface area contributed by atoms with Gasteiger partial charge in [0.15, 0.2) is 11.3 Å². The van der Waals surface area contributed by atoms with E-state index in [1.807, 2.05) is 13.1 Å². The Kier molecular flexibility index (Phi) is 4.79. The van der Waals surface area contributed by atoms with Crippen molar-refractivity contribution in [2.75, 3.05) is 13.7 Å². The Morgan fingerprint density at radius 1 is 1.36 bits per heavy atom. The zero-order valence-electron chi connectivity index (χ0n) is 13.6. The number of fused-ring (bicyclic) bond motifs is 1. The second-order valence-electron chi connectivity index (χ2n) is 5.07. The minimum Gasteiger partial charge on any atom is -0.468 e. The summed E-state index contributed by atoms with van der Waals surface area (Å²) in [5.74, 6) is -1.02. The summed E-state index contributed by atoms with van der Waals surface area (Å²) in [5, 5.41) is 11.2. The SMILES string of the molecule is CCn1cc(Br)c(-c2ccnc3cc(C(=O)NCC(=O)OC)nn23)n1. The summed E-state index contributed by atoms with van der Waals surface area (Å²) in [7, 11) is 1.25. The molecule has 0 spiro atoms. The van der Waals surface area contributed by atoms with E-state index in [1.54, 1.807) is 27.5 Å². The topological polar surface area (TPSA) is 103 Å². The fourth-order valence-corrected chi connectivity index (χ4v) is 2.75. The van der Waals surface area contributed by atoms with Gasteiger partial charge in [0.1, 0.15) is 12.2 Å². The Bertz CT molecular complexity index is 948. The number of carbonyl (C=O) groups is 2. The number of amides is 1. The van der Waals surface area contributed by atoms with Crippen LogP contribution in [0.1, 0.15) is 17.4 Å². The van der Waals surface area contributed by atoms with Crippen LogP contribution in [0.3, 0.4) is 0 Å². The average molecular weight is 407 g/mol. The molecule has 3 aromatic heterocycles. The molecule has 0 saturated heterocycles. The third kappa shape index (κ3) is 3.38. The van der Waals surface area contributed by atoms with E-state index in [0.717, 1.165) is 11.0 Å². The van der Waals surface area contributed by atoms with Gasteiger partial charge in [0.05, 0.1) is 17.3 Å². The van der Waals surface area contributed by atoms with Crippen LogP contribution in [0, 0.1) is 0 Å². The predicted molar refractivity (Wildman–Crippen MR) is 91.9 cm³/mol. The molecule has 0 fully saturated rings. The number of esters is 1. The first-order chi connectivity index (χ1) is 12.0. The van der Waals surface area contributed by atoms with E-state index in [1.165, 1.54) is 7.11 Å². The van der Waals surface area contributed by atoms with Crippen molar-refractivity contribution in [1.29, 1.82) is 0 Å². The van der Waals surface area contributed by atoms with Gasteiger partial charge in [0, 0.05) is 25.0 Å². The van der Waals surface area contributed by atoms with Crippen LogP contribution in [0.15, 0.2) is 29.0 Å². The lowest BCUT2D eigenvalue weighted by molar-refractivity contribution is -0.139. The molecule has 1 amide bonds. The molecule has 0 unspecified atom stereocenters. The first-order valence-corrected chi connectivity index (χ1v) is 8.26. The van der Waals surface area contributed by atoms with E-state index in [2.05, 4.69) is 41.2 Å². The zero-order valence-corrected chi connectivity index (χ0v) is 15.1. The van der Waals surface area contributed by atoms with Crippen LogP contribution in [-0.4, -0.2) is 49.9 Å². The largest absolute Gasteiger partial charge is 0.468 e. The molecule has 10 heteroatoms. The molecular formula is C15H15BrN6O3. The highest BCUT2D eigenvalue weighted by atomic mass is 79.9. The maximum Gasteiger partial charge on any atom is 0.325 e. The molecule has 0 atom stereocenters. The molecule has 0 radical (unpaired) electrons. The molecule has 0 saturated carbocycles. The number of rotatable bonds is 5. The number of halogens is 1. The van der Waals surface area contributed by atoms with Gasteiger partial charge in [-0.2, -0.15) is 10.2 Å². The maximum absolute atomic E-state index is 12.1. The Hall–Kier alpha value is -2.75. The second-order valence-corrected chi connectivity index (χ2v) is 5.92. The molecule has 0 aliphatic heterocycles. The van der Waals surface area contributed by atoms with Gasteiger partial charge in [-0.05, 0) is 28.9 Å². The standard InChI is InChI=1S/C15H15BrN6O3/c1-3-21-8-9(16)14(20-21)11-4-5-17-12-6-10(19-22(11)12)15(24)18-7-13(23)25-2/h4-6,8H,3,7H2,1-2H3,(H,18,24). The summed E-state index contributed by atoms with van der Waals surface area (Å²) in [6.45, 7) is 2.49. The highest BCUT2D eigenvalue weighted by Gasteiger charge is 2.17. The number of hydrogen-bond donors (Lipinski definition) is 1. The van der Waals surface area contributed by atoms with E-state index in [4.69, 9.17) is 0 Å². The van der Waals surface area contributed by atoms with Crippen molar-refractivity contribution in [3.8, 4) is 11.4 Å². The first kappa shape index (κ1) is 17.1. The van der Waals surface area contributed by atoms with Crippen LogP contribution >= 0.6 is 15.9 Å². The number of nitrogens with one attached hydrogen (secondary N) is 1. The van der Waals surface area contributed by atoms with E-state index in [-0.39, 0.29) is 12.2 Å². The predicted octanol–water partition coefficient (Wildman–Crippen LogP) is 1.28. The van der Waals surface area contributed by atoms with Gasteiger partial charge in [0.2, 0.25) is 0 Å². The minimum atomic E-state index is -0.537. The van der Waals surface area contributed by atoms with Crippen LogP contribution in [-0.2, 0) is 16.1 Å². The summed E-state index contributed by atoms with van der Waals surface area (Å²) in [6.07, 6.45) is 3.50. The van der Waals surface area contributed by atoms with E-state index < -0.39 is 11.9 Å². The number of methoxy groups -OCH3 is 1. The normalized spacial score (nSPS) is 10.8. The minimum absolute atomic E-state index is 0.148. The van der Waals surface area contributed by atoms with Crippen molar-refractivity contribution >= 4 is 33.5 Å². The molecule has 25 heavy (non-hydrogen) atoms. The molecule has 130 valence electrons. The Balaban J connectivity index is 1.97. The van der Waals surface area contributed by atoms with Crippen LogP contribution in [0.5, 0.6) is 0 Å². The van der Waals surface area contributed by atoms with Crippen molar-refractivity contribution in [2.45, 2.75) is 13.5 Å². The van der Waals surface area contributed by atoms with Crippen LogP contribution < -0.4 is 5.32 Å². The Morgan fingerprint density at radius 2 is 2.16 bits per heavy atom. The third-order valence-electron chi connectivity index (χ3n) is 3.50. The van der Waals surface area contributed by atoms with E-state index >= 15 is 0 Å². The highest BCUT2D eigenvalue weighted by Crippen LogP contribution is 2.26. The fraction of sp³-hybridized carbons (Fsp3) is 0.267. The lowest BCUT2D eigenvalue weighted by atomic mass is 10.3. The van der Waals surface area contributed by atoms with Crippen molar-refractivity contribution in [2.24, 2.45) is 0 Å². The van der Waals surface area contributed by atoms with Crippen LogP contribution in [0.25, 0.3) is 17.0 Å². The van der Waals surface area contributed by atoms with Gasteiger partial charge >= 0.3 is 5.97 Å². The smallest absolute Gasteiger partial charge is 0.325 e. The Labute approximate surface area is 151 Å². The van der Waals surface area contributed by atoms with Gasteiger partial charge in [-0.15, -0.1) is 0 Å². The van der Waals surface area contributed by atoms with Gasteiger partial charge < -0.3 is 10.1 Å². The van der Waals surface area contributed by atoms with Gasteiger partial charge in [-0.25, -0.2) is 9.50 Å². The maximum atomic E-state index is 12.1. The zero-order chi connectivity index (χ0) is 18.0. The summed E-state index contributed by atoms with van der Waals surface area (Å²) in [4.78, 5) is 27.5. The first-order valence-electron chi connectivity index (χ1n) is 7.46. The molecule has 3 rings (SSSR count). The monoisotopic (exact) mass is 406 g/mol. The van der Waals surface area contributed by atoms with Crippen molar-refractivity contribution in [3.05, 3.63) is 34.7 Å². The molecule has 0 aliphatic rings. The van der Waals surface area contributed by atoms with Gasteiger partial charge in [-0.3, -0.25) is 14.3 Å². The second kappa shape index (κ2) is 7.01. The molecule has 9 nitrogen and oxygen atoms in total. The summed E-state index contributed by atoms with van der Waals surface area (Å²) in [5.41, 5.74) is 2.03. The van der Waals surface area contributed by atoms with Crippen molar-refractivity contribution < 1.29 is 14.3 Å². The lowest BCUT2D eigenvalue weighted by Crippen LogP contribution is -2.30. The number of aromatic nitrogens is 5.